The van der Waals surface area contributed by atoms with Crippen LogP contribution in [0.4, 0.5) is 0 Å². The summed E-state index contributed by atoms with van der Waals surface area (Å²) in [5.74, 6) is 1.03. The van der Waals surface area contributed by atoms with Gasteiger partial charge in [0.15, 0.2) is 5.16 Å². The fraction of sp³-hybridized carbons (Fsp3) is 0.174. The Morgan fingerprint density at radius 3 is 2.57 bits per heavy atom. The van der Waals surface area contributed by atoms with E-state index < -0.39 is 0 Å². The van der Waals surface area contributed by atoms with Crippen LogP contribution in [0.2, 0.25) is 0 Å². The molecule has 7 heteroatoms. The molecule has 0 saturated heterocycles. The highest BCUT2D eigenvalue weighted by Crippen LogP contribution is 2.21. The Morgan fingerprint density at radius 2 is 1.83 bits per heavy atom. The van der Waals surface area contributed by atoms with Crippen molar-refractivity contribution in [3.05, 3.63) is 96.2 Å². The third-order valence-electron chi connectivity index (χ3n) is 4.65. The number of rotatable bonds is 8. The molecule has 0 N–H and O–H groups in total. The average Bonchev–Trinajstić information content (AvgIpc) is 3.45. The molecule has 0 bridgehead atoms. The van der Waals surface area contributed by atoms with E-state index in [0.29, 0.717) is 18.2 Å². The topological polar surface area (TPSA) is 64.2 Å². The second-order valence-electron chi connectivity index (χ2n) is 6.92. The molecule has 0 aliphatic carbocycles. The van der Waals surface area contributed by atoms with Crippen molar-refractivity contribution in [3.8, 4) is 5.69 Å². The Hall–Kier alpha value is -3.32. The number of carbonyl (C=O) groups is 1. The lowest BCUT2D eigenvalue weighted by atomic mass is 10.2. The lowest BCUT2D eigenvalue weighted by Crippen LogP contribution is -2.31. The van der Waals surface area contributed by atoms with Gasteiger partial charge in [0, 0.05) is 12.2 Å². The summed E-state index contributed by atoms with van der Waals surface area (Å²) in [6.45, 7) is 2.99. The van der Waals surface area contributed by atoms with Crippen molar-refractivity contribution < 1.29 is 9.21 Å². The van der Waals surface area contributed by atoms with Crippen molar-refractivity contribution in [2.45, 2.75) is 25.2 Å². The van der Waals surface area contributed by atoms with Crippen LogP contribution >= 0.6 is 11.8 Å². The molecular formula is C23H22N4O2S. The summed E-state index contributed by atoms with van der Waals surface area (Å²) < 4.78 is 7.36. The summed E-state index contributed by atoms with van der Waals surface area (Å²) in [6.07, 6.45) is 3.29. The van der Waals surface area contributed by atoms with E-state index in [1.165, 1.54) is 17.3 Å². The number of benzene rings is 2. The molecule has 0 radical (unpaired) electrons. The predicted molar refractivity (Wildman–Crippen MR) is 116 cm³/mol. The number of amides is 1. The van der Waals surface area contributed by atoms with Gasteiger partial charge in [-0.15, -0.1) is 10.2 Å². The van der Waals surface area contributed by atoms with Gasteiger partial charge >= 0.3 is 0 Å². The van der Waals surface area contributed by atoms with Crippen molar-refractivity contribution in [1.82, 2.24) is 19.7 Å². The van der Waals surface area contributed by atoms with Gasteiger partial charge in [0.2, 0.25) is 5.91 Å². The van der Waals surface area contributed by atoms with E-state index in [9.17, 15) is 4.79 Å². The summed E-state index contributed by atoms with van der Waals surface area (Å²) >= 11 is 1.38. The molecule has 2 aromatic heterocycles. The number of thioether (sulfide) groups is 1. The van der Waals surface area contributed by atoms with Crippen LogP contribution in [-0.4, -0.2) is 31.3 Å². The molecule has 4 rings (SSSR count). The smallest absolute Gasteiger partial charge is 0.233 e. The monoisotopic (exact) mass is 418 g/mol. The first-order valence-corrected chi connectivity index (χ1v) is 10.6. The standard InChI is InChI=1S/C23H22N4O2S/c1-18-9-11-20(12-10-18)27-17-24-25-23(27)30-16-22(28)26(15-21-8-5-13-29-21)14-19-6-3-2-4-7-19/h2-13,17H,14-16H2,1H3. The number of aromatic nitrogens is 3. The van der Waals surface area contributed by atoms with E-state index in [0.717, 1.165) is 17.0 Å². The molecule has 6 nitrogen and oxygen atoms in total. The van der Waals surface area contributed by atoms with E-state index in [-0.39, 0.29) is 11.7 Å². The quantitative estimate of drug-likeness (QED) is 0.395. The van der Waals surface area contributed by atoms with E-state index in [1.807, 2.05) is 78.2 Å². The maximum Gasteiger partial charge on any atom is 0.233 e. The summed E-state index contributed by atoms with van der Waals surface area (Å²) in [5.41, 5.74) is 3.23. The molecule has 152 valence electrons. The van der Waals surface area contributed by atoms with Crippen LogP contribution in [0, 0.1) is 6.92 Å². The van der Waals surface area contributed by atoms with Crippen LogP contribution in [0.25, 0.3) is 5.69 Å². The minimum Gasteiger partial charge on any atom is -0.467 e. The van der Waals surface area contributed by atoms with Crippen molar-refractivity contribution in [2.24, 2.45) is 0 Å². The van der Waals surface area contributed by atoms with Crippen molar-refractivity contribution in [2.75, 3.05) is 5.75 Å². The third-order valence-corrected chi connectivity index (χ3v) is 5.58. The summed E-state index contributed by atoms with van der Waals surface area (Å²) in [5, 5.41) is 8.90. The molecule has 0 aliphatic rings. The van der Waals surface area contributed by atoms with Gasteiger partial charge < -0.3 is 9.32 Å². The van der Waals surface area contributed by atoms with Gasteiger partial charge in [-0.1, -0.05) is 59.8 Å². The zero-order valence-electron chi connectivity index (χ0n) is 16.6. The van der Waals surface area contributed by atoms with Crippen LogP contribution in [0.15, 0.2) is 88.9 Å². The number of hydrogen-bond donors (Lipinski definition) is 0. The first-order valence-electron chi connectivity index (χ1n) is 9.63. The largest absolute Gasteiger partial charge is 0.467 e. The van der Waals surface area contributed by atoms with Crippen LogP contribution < -0.4 is 0 Å². The Kier molecular flexibility index (Phi) is 6.29. The second kappa shape index (κ2) is 9.45. The lowest BCUT2D eigenvalue weighted by Gasteiger charge is -2.21. The minimum absolute atomic E-state index is 0.0127. The molecule has 2 aromatic carbocycles. The van der Waals surface area contributed by atoms with Gasteiger partial charge in [0.1, 0.15) is 12.1 Å². The predicted octanol–water partition coefficient (Wildman–Crippen LogP) is 4.49. The zero-order valence-corrected chi connectivity index (χ0v) is 17.5. The molecule has 0 saturated carbocycles. The first kappa shape index (κ1) is 20.0. The van der Waals surface area contributed by atoms with Gasteiger partial charge in [-0.25, -0.2) is 0 Å². The maximum absolute atomic E-state index is 13.1. The number of aryl methyl sites for hydroxylation is 1. The molecule has 30 heavy (non-hydrogen) atoms. The number of nitrogens with zero attached hydrogens (tertiary/aromatic N) is 4. The van der Waals surface area contributed by atoms with Crippen molar-refractivity contribution >= 4 is 17.7 Å². The van der Waals surface area contributed by atoms with Crippen LogP contribution in [0.5, 0.6) is 0 Å². The number of hydrogen-bond acceptors (Lipinski definition) is 5. The second-order valence-corrected chi connectivity index (χ2v) is 7.87. The minimum atomic E-state index is 0.0127. The Labute approximate surface area is 179 Å². The summed E-state index contributed by atoms with van der Waals surface area (Å²) in [6, 6.07) is 21.8. The van der Waals surface area contributed by atoms with Crippen LogP contribution in [0.3, 0.4) is 0 Å². The molecule has 4 aromatic rings. The van der Waals surface area contributed by atoms with Crippen molar-refractivity contribution in [1.29, 1.82) is 0 Å². The number of furan rings is 1. The molecule has 0 fully saturated rings. The van der Waals surface area contributed by atoms with Gasteiger partial charge in [-0.3, -0.25) is 9.36 Å². The zero-order chi connectivity index (χ0) is 20.8. The van der Waals surface area contributed by atoms with Gasteiger partial charge in [0.25, 0.3) is 0 Å². The number of carbonyl (C=O) groups excluding carboxylic acids is 1. The highest BCUT2D eigenvalue weighted by Gasteiger charge is 2.18. The lowest BCUT2D eigenvalue weighted by molar-refractivity contribution is -0.129. The SMILES string of the molecule is Cc1ccc(-n2cnnc2SCC(=O)N(Cc2ccccc2)Cc2ccco2)cc1. The van der Waals surface area contributed by atoms with Crippen LogP contribution in [0.1, 0.15) is 16.9 Å². The highest BCUT2D eigenvalue weighted by atomic mass is 32.2. The fourth-order valence-corrected chi connectivity index (χ4v) is 3.88. The molecular weight excluding hydrogens is 396 g/mol. The maximum atomic E-state index is 13.1. The van der Waals surface area contributed by atoms with Gasteiger partial charge in [0.05, 0.1) is 18.6 Å². The Morgan fingerprint density at radius 1 is 1.03 bits per heavy atom. The summed E-state index contributed by atoms with van der Waals surface area (Å²) in [7, 11) is 0. The highest BCUT2D eigenvalue weighted by molar-refractivity contribution is 7.99. The molecule has 0 aliphatic heterocycles. The van der Waals surface area contributed by atoms with Gasteiger partial charge in [-0.05, 0) is 36.8 Å². The van der Waals surface area contributed by atoms with E-state index in [4.69, 9.17) is 4.42 Å². The van der Waals surface area contributed by atoms with Crippen molar-refractivity contribution in [3.63, 3.8) is 0 Å². The van der Waals surface area contributed by atoms with Crippen LogP contribution in [-0.2, 0) is 17.9 Å². The molecule has 0 unspecified atom stereocenters. The van der Waals surface area contributed by atoms with E-state index in [1.54, 1.807) is 17.5 Å². The third kappa shape index (κ3) is 4.99. The fourth-order valence-electron chi connectivity index (χ4n) is 3.05. The Bertz CT molecular complexity index is 1080. The van der Waals surface area contributed by atoms with E-state index in [2.05, 4.69) is 10.2 Å². The van der Waals surface area contributed by atoms with E-state index >= 15 is 0 Å². The molecule has 2 heterocycles. The summed E-state index contributed by atoms with van der Waals surface area (Å²) in [4.78, 5) is 14.9. The van der Waals surface area contributed by atoms with Gasteiger partial charge in [-0.2, -0.15) is 0 Å². The average molecular weight is 419 g/mol. The molecule has 0 atom stereocenters. The Balaban J connectivity index is 1.46. The first-order chi connectivity index (χ1) is 14.7. The molecule has 0 spiro atoms. The normalized spacial score (nSPS) is 10.8. The molecule has 1 amide bonds.